The van der Waals surface area contributed by atoms with E-state index in [1.165, 1.54) is 0 Å². The Balaban J connectivity index is 1.90. The van der Waals surface area contributed by atoms with Crippen molar-refractivity contribution >= 4 is 36.5 Å². The lowest BCUT2D eigenvalue weighted by atomic mass is 9.94. The van der Waals surface area contributed by atoms with E-state index in [2.05, 4.69) is 16.7 Å². The van der Waals surface area contributed by atoms with E-state index in [0.29, 0.717) is 33.7 Å². The molecule has 0 spiro atoms. The van der Waals surface area contributed by atoms with Crippen LogP contribution < -0.4 is 16.1 Å². The molecule has 0 atom stereocenters. The second kappa shape index (κ2) is 5.50. The zero-order valence-electron chi connectivity index (χ0n) is 13.4. The number of nitrogens with one attached hydrogen (secondary N) is 2. The number of amides is 2. The van der Waals surface area contributed by atoms with E-state index in [9.17, 15) is 9.59 Å². The third kappa shape index (κ3) is 2.34. The van der Waals surface area contributed by atoms with Gasteiger partial charge in [-0.1, -0.05) is 41.9 Å². The fraction of sp³-hybridized carbons (Fsp3) is 0. The molecule has 5 nitrogen and oxygen atoms in total. The van der Waals surface area contributed by atoms with Crippen LogP contribution in [0.2, 0.25) is 0 Å². The van der Waals surface area contributed by atoms with Gasteiger partial charge in [0.2, 0.25) is 0 Å². The molecular formula is C19H12BN3O2. The molecule has 2 aliphatic heterocycles. The summed E-state index contributed by atoms with van der Waals surface area (Å²) in [5, 5.41) is 14.7. The molecule has 0 unspecified atom stereocenters. The maximum Gasteiger partial charge on any atom is 0.258 e. The van der Waals surface area contributed by atoms with Crippen molar-refractivity contribution in [1.82, 2.24) is 10.6 Å². The fourth-order valence-corrected chi connectivity index (χ4v) is 3.08. The predicted molar refractivity (Wildman–Crippen MR) is 95.9 cm³/mol. The molecule has 2 amide bonds. The summed E-state index contributed by atoms with van der Waals surface area (Å²) >= 11 is 0. The Morgan fingerprint density at radius 1 is 0.840 bits per heavy atom. The number of fused-ring (bicyclic) bond motifs is 1. The van der Waals surface area contributed by atoms with Gasteiger partial charge < -0.3 is 10.6 Å². The minimum atomic E-state index is -0.318. The van der Waals surface area contributed by atoms with Gasteiger partial charge in [-0.3, -0.25) is 9.59 Å². The normalized spacial score (nSPS) is 15.8. The maximum atomic E-state index is 12.5. The van der Waals surface area contributed by atoms with Crippen molar-refractivity contribution in [3.63, 3.8) is 0 Å². The average molecular weight is 325 g/mol. The van der Waals surface area contributed by atoms with E-state index in [-0.39, 0.29) is 11.8 Å². The first-order valence-corrected chi connectivity index (χ1v) is 7.77. The number of carbonyl (C=O) groups is 2. The van der Waals surface area contributed by atoms with Crippen LogP contribution in [-0.2, 0) is 9.59 Å². The number of rotatable bonds is 2. The smallest absolute Gasteiger partial charge is 0.258 e. The lowest BCUT2D eigenvalue weighted by Gasteiger charge is -2.07. The lowest BCUT2D eigenvalue weighted by Crippen LogP contribution is -2.21. The van der Waals surface area contributed by atoms with Gasteiger partial charge in [0.15, 0.2) is 0 Å². The van der Waals surface area contributed by atoms with Crippen molar-refractivity contribution in [3.8, 4) is 6.07 Å². The minimum absolute atomic E-state index is 0.318. The summed E-state index contributed by atoms with van der Waals surface area (Å²) in [6.45, 7) is 0. The summed E-state index contributed by atoms with van der Waals surface area (Å²) < 4.78 is 0. The standard InChI is InChI=1S/C19H12BN3O2/c20-13-6-4-11(5-7-13)16-14-15(19(25)22-16)17(23-18(14)24)12-3-1-2-10(8-12)9-21/h1-8H,20H2,(H,22,25)(H,23,24). The largest absolute Gasteiger partial charge is 0.321 e. The molecule has 25 heavy (non-hydrogen) atoms. The van der Waals surface area contributed by atoms with Gasteiger partial charge >= 0.3 is 0 Å². The number of nitrogens with zero attached hydrogens (tertiary/aromatic N) is 1. The number of hydrogen-bond acceptors (Lipinski definition) is 3. The van der Waals surface area contributed by atoms with Crippen molar-refractivity contribution in [2.24, 2.45) is 0 Å². The Morgan fingerprint density at radius 3 is 2.04 bits per heavy atom. The molecule has 0 bridgehead atoms. The summed E-state index contributed by atoms with van der Waals surface area (Å²) in [4.78, 5) is 25.0. The highest BCUT2D eigenvalue weighted by molar-refractivity contribution is 6.32. The van der Waals surface area contributed by atoms with E-state index in [1.807, 2.05) is 32.1 Å². The molecule has 6 heteroatoms. The average Bonchev–Trinajstić information content (AvgIpc) is 3.15. The van der Waals surface area contributed by atoms with Crippen LogP contribution in [-0.4, -0.2) is 19.7 Å². The minimum Gasteiger partial charge on any atom is -0.321 e. The Bertz CT molecular complexity index is 1040. The predicted octanol–water partition coefficient (Wildman–Crippen LogP) is 0.199. The topological polar surface area (TPSA) is 82.0 Å². The molecule has 2 heterocycles. The van der Waals surface area contributed by atoms with E-state index in [1.54, 1.807) is 24.3 Å². The van der Waals surface area contributed by atoms with Crippen LogP contribution in [0.5, 0.6) is 0 Å². The summed E-state index contributed by atoms with van der Waals surface area (Å²) in [7, 11) is 1.97. The van der Waals surface area contributed by atoms with Crippen molar-refractivity contribution in [2.75, 3.05) is 0 Å². The first kappa shape index (κ1) is 15.0. The molecule has 4 rings (SSSR count). The zero-order chi connectivity index (χ0) is 17.6. The number of nitriles is 1. The van der Waals surface area contributed by atoms with Gasteiger partial charge in [-0.15, -0.1) is 0 Å². The van der Waals surface area contributed by atoms with E-state index < -0.39 is 0 Å². The van der Waals surface area contributed by atoms with Crippen LogP contribution in [0.1, 0.15) is 16.7 Å². The van der Waals surface area contributed by atoms with Crippen LogP contribution in [0.4, 0.5) is 0 Å². The number of hydrogen-bond donors (Lipinski definition) is 2. The third-order valence-electron chi connectivity index (χ3n) is 4.30. The molecule has 2 aromatic carbocycles. The molecule has 2 N–H and O–H groups in total. The SMILES string of the molecule is Bc1ccc(C2=C3C(=O)NC(c4cccc(C#N)c4)=C3C(=O)N2)cc1. The number of benzene rings is 2. The van der Waals surface area contributed by atoms with Crippen LogP contribution in [0.15, 0.2) is 59.7 Å². The van der Waals surface area contributed by atoms with Gasteiger partial charge in [0.05, 0.1) is 34.2 Å². The van der Waals surface area contributed by atoms with Gasteiger partial charge in [-0.05, 0) is 17.7 Å². The first-order chi connectivity index (χ1) is 12.1. The Labute approximate surface area is 145 Å². The fourth-order valence-electron chi connectivity index (χ4n) is 3.08. The van der Waals surface area contributed by atoms with E-state index >= 15 is 0 Å². The third-order valence-corrected chi connectivity index (χ3v) is 4.30. The molecule has 0 aromatic heterocycles. The van der Waals surface area contributed by atoms with Crippen LogP contribution in [0, 0.1) is 11.3 Å². The zero-order valence-corrected chi connectivity index (χ0v) is 13.4. The van der Waals surface area contributed by atoms with Gasteiger partial charge in [0.25, 0.3) is 11.8 Å². The highest BCUT2D eigenvalue weighted by atomic mass is 16.2. The Kier molecular flexibility index (Phi) is 3.29. The highest BCUT2D eigenvalue weighted by Crippen LogP contribution is 2.37. The molecule has 0 saturated heterocycles. The number of carbonyl (C=O) groups excluding carboxylic acids is 2. The lowest BCUT2D eigenvalue weighted by molar-refractivity contribution is -0.117. The molecule has 0 fully saturated rings. The van der Waals surface area contributed by atoms with Gasteiger partial charge in [0, 0.05) is 5.56 Å². The molecule has 0 saturated carbocycles. The van der Waals surface area contributed by atoms with Gasteiger partial charge in [-0.2, -0.15) is 5.26 Å². The second-order valence-corrected chi connectivity index (χ2v) is 5.97. The molecule has 0 radical (unpaired) electrons. The maximum absolute atomic E-state index is 12.5. The van der Waals surface area contributed by atoms with E-state index in [0.717, 1.165) is 11.0 Å². The molecule has 118 valence electrons. The van der Waals surface area contributed by atoms with Crippen molar-refractivity contribution < 1.29 is 9.59 Å². The quantitative estimate of drug-likeness (QED) is 0.774. The summed E-state index contributed by atoms with van der Waals surface area (Å²) in [6.07, 6.45) is 0. The molecule has 2 aliphatic rings. The van der Waals surface area contributed by atoms with Crippen LogP contribution >= 0.6 is 0 Å². The monoisotopic (exact) mass is 325 g/mol. The Hall–Kier alpha value is -3.59. The second-order valence-electron chi connectivity index (χ2n) is 5.97. The van der Waals surface area contributed by atoms with Gasteiger partial charge in [0.1, 0.15) is 7.85 Å². The van der Waals surface area contributed by atoms with Gasteiger partial charge in [-0.25, -0.2) is 0 Å². The summed E-state index contributed by atoms with van der Waals surface area (Å²) in [5.74, 6) is -0.637. The molecular weight excluding hydrogens is 313 g/mol. The first-order valence-electron chi connectivity index (χ1n) is 7.77. The summed E-state index contributed by atoms with van der Waals surface area (Å²) in [5.41, 5.74) is 4.63. The van der Waals surface area contributed by atoms with Crippen molar-refractivity contribution in [1.29, 1.82) is 5.26 Å². The van der Waals surface area contributed by atoms with Crippen LogP contribution in [0.3, 0.4) is 0 Å². The van der Waals surface area contributed by atoms with E-state index in [4.69, 9.17) is 5.26 Å². The van der Waals surface area contributed by atoms with Crippen LogP contribution in [0.25, 0.3) is 11.4 Å². The van der Waals surface area contributed by atoms with Crippen molar-refractivity contribution in [3.05, 3.63) is 76.4 Å². The Morgan fingerprint density at radius 2 is 1.44 bits per heavy atom. The highest BCUT2D eigenvalue weighted by Gasteiger charge is 2.40. The molecule has 0 aliphatic carbocycles. The summed E-state index contributed by atoms with van der Waals surface area (Å²) in [6, 6.07) is 16.5. The molecule has 2 aromatic rings. The van der Waals surface area contributed by atoms with Crippen molar-refractivity contribution in [2.45, 2.75) is 0 Å².